The minimum atomic E-state index is -0.181. The van der Waals surface area contributed by atoms with Gasteiger partial charge in [0.1, 0.15) is 12.1 Å². The van der Waals surface area contributed by atoms with Crippen LogP contribution in [0.3, 0.4) is 0 Å². The highest BCUT2D eigenvalue weighted by atomic mass is 15.1. The van der Waals surface area contributed by atoms with E-state index >= 15 is 0 Å². The van der Waals surface area contributed by atoms with Gasteiger partial charge in [0, 0.05) is 7.05 Å². The van der Waals surface area contributed by atoms with Gasteiger partial charge in [-0.25, -0.2) is 0 Å². The van der Waals surface area contributed by atoms with Crippen LogP contribution in [0.1, 0.15) is 18.9 Å². The highest BCUT2D eigenvalue weighted by Gasteiger charge is 2.14. The molecule has 0 spiro atoms. The van der Waals surface area contributed by atoms with Crippen molar-refractivity contribution >= 4 is 5.69 Å². The van der Waals surface area contributed by atoms with Crippen molar-refractivity contribution < 1.29 is 0 Å². The van der Waals surface area contributed by atoms with Gasteiger partial charge < -0.3 is 4.90 Å². The van der Waals surface area contributed by atoms with Crippen LogP contribution in [0.2, 0.25) is 0 Å². The van der Waals surface area contributed by atoms with Gasteiger partial charge in [-0.3, -0.25) is 0 Å². The van der Waals surface area contributed by atoms with Crippen LogP contribution < -0.4 is 4.90 Å². The number of anilines is 1. The summed E-state index contributed by atoms with van der Waals surface area (Å²) in [6.07, 6.45) is 0.743. The Morgan fingerprint density at radius 1 is 1.33 bits per heavy atom. The number of rotatable bonds is 3. The van der Waals surface area contributed by atoms with Gasteiger partial charge in [0.2, 0.25) is 0 Å². The Kier molecular flexibility index (Phi) is 3.71. The summed E-state index contributed by atoms with van der Waals surface area (Å²) in [6.45, 7) is 1.96. The normalized spacial score (nSPS) is 11.2. The molecular weight excluding hydrogens is 186 g/mol. The molecule has 3 nitrogen and oxygen atoms in total. The number of benzene rings is 1. The average Bonchev–Trinajstić information content (AvgIpc) is 2.30. The SMILES string of the molecule is CCC(C#N)N(C)c1ccccc1C#N. The third-order valence-electron chi connectivity index (χ3n) is 2.41. The van der Waals surface area contributed by atoms with Crippen molar-refractivity contribution in [3.63, 3.8) is 0 Å². The average molecular weight is 199 g/mol. The van der Waals surface area contributed by atoms with Gasteiger partial charge in [-0.1, -0.05) is 19.1 Å². The van der Waals surface area contributed by atoms with Gasteiger partial charge in [-0.05, 0) is 18.6 Å². The lowest BCUT2D eigenvalue weighted by Gasteiger charge is -2.24. The fourth-order valence-electron chi connectivity index (χ4n) is 1.50. The van der Waals surface area contributed by atoms with E-state index in [0.717, 1.165) is 12.1 Å². The minimum Gasteiger partial charge on any atom is -0.358 e. The molecule has 0 aromatic heterocycles. The van der Waals surface area contributed by atoms with Gasteiger partial charge in [0.25, 0.3) is 0 Å². The molecular formula is C12H13N3. The lowest BCUT2D eigenvalue weighted by Crippen LogP contribution is -2.30. The van der Waals surface area contributed by atoms with Crippen LogP contribution in [0.25, 0.3) is 0 Å². The molecule has 0 bridgehead atoms. The Balaban J connectivity index is 3.07. The minimum absolute atomic E-state index is 0.181. The van der Waals surface area contributed by atoms with E-state index in [9.17, 15) is 0 Å². The molecule has 0 saturated carbocycles. The summed E-state index contributed by atoms with van der Waals surface area (Å²) in [4.78, 5) is 1.85. The molecule has 0 aliphatic heterocycles. The molecule has 0 N–H and O–H groups in total. The van der Waals surface area contributed by atoms with Crippen molar-refractivity contribution in [2.45, 2.75) is 19.4 Å². The molecule has 1 aromatic rings. The summed E-state index contributed by atoms with van der Waals surface area (Å²) in [5.41, 5.74) is 1.42. The summed E-state index contributed by atoms with van der Waals surface area (Å²) >= 11 is 0. The second kappa shape index (κ2) is 5.02. The van der Waals surface area contributed by atoms with Gasteiger partial charge >= 0.3 is 0 Å². The van der Waals surface area contributed by atoms with Crippen LogP contribution in [0.15, 0.2) is 24.3 Å². The first kappa shape index (κ1) is 11.1. The first-order valence-corrected chi connectivity index (χ1v) is 4.86. The van der Waals surface area contributed by atoms with Crippen LogP contribution in [0.5, 0.6) is 0 Å². The third kappa shape index (κ3) is 2.27. The number of nitrogens with zero attached hydrogens (tertiary/aromatic N) is 3. The Morgan fingerprint density at radius 3 is 2.53 bits per heavy atom. The van der Waals surface area contributed by atoms with E-state index in [1.165, 1.54) is 0 Å². The van der Waals surface area contributed by atoms with Crippen molar-refractivity contribution in [2.24, 2.45) is 0 Å². The zero-order valence-corrected chi connectivity index (χ0v) is 8.94. The molecule has 0 aliphatic rings. The third-order valence-corrected chi connectivity index (χ3v) is 2.41. The predicted octanol–water partition coefficient (Wildman–Crippen LogP) is 2.30. The smallest absolute Gasteiger partial charge is 0.116 e. The second-order valence-electron chi connectivity index (χ2n) is 3.29. The number of nitriles is 2. The van der Waals surface area contributed by atoms with Gasteiger partial charge in [0.15, 0.2) is 0 Å². The predicted molar refractivity (Wildman–Crippen MR) is 59.3 cm³/mol. The maximum absolute atomic E-state index is 8.95. The summed E-state index contributed by atoms with van der Waals surface area (Å²) < 4.78 is 0. The van der Waals surface area contributed by atoms with E-state index in [4.69, 9.17) is 10.5 Å². The molecule has 1 rings (SSSR count). The summed E-state index contributed by atoms with van der Waals surface area (Å²) in [6, 6.07) is 11.5. The lowest BCUT2D eigenvalue weighted by atomic mass is 10.1. The molecule has 1 unspecified atom stereocenters. The molecule has 15 heavy (non-hydrogen) atoms. The Morgan fingerprint density at radius 2 is 2.00 bits per heavy atom. The van der Waals surface area contributed by atoms with Crippen LogP contribution in [-0.4, -0.2) is 13.1 Å². The summed E-state index contributed by atoms with van der Waals surface area (Å²) in [5.74, 6) is 0. The standard InChI is InChI=1S/C12H13N3/c1-3-11(9-14)15(2)12-7-5-4-6-10(12)8-13/h4-7,11H,3H2,1-2H3. The van der Waals surface area contributed by atoms with E-state index in [1.807, 2.05) is 37.1 Å². The number of hydrogen-bond donors (Lipinski definition) is 0. The quantitative estimate of drug-likeness (QED) is 0.750. The van der Waals surface area contributed by atoms with Crippen molar-refractivity contribution in [1.29, 1.82) is 10.5 Å². The highest BCUT2D eigenvalue weighted by molar-refractivity contribution is 5.59. The fourth-order valence-corrected chi connectivity index (χ4v) is 1.50. The molecule has 76 valence electrons. The maximum Gasteiger partial charge on any atom is 0.116 e. The molecule has 0 aliphatic carbocycles. The van der Waals surface area contributed by atoms with Crippen LogP contribution >= 0.6 is 0 Å². The van der Waals surface area contributed by atoms with Crippen molar-refractivity contribution in [3.8, 4) is 12.1 Å². The molecule has 0 radical (unpaired) electrons. The molecule has 0 heterocycles. The Labute approximate surface area is 90.2 Å². The first-order chi connectivity index (χ1) is 7.24. The fraction of sp³-hybridized carbons (Fsp3) is 0.333. The van der Waals surface area contributed by atoms with E-state index in [2.05, 4.69) is 12.1 Å². The van der Waals surface area contributed by atoms with Gasteiger partial charge in [0.05, 0.1) is 17.3 Å². The molecule has 1 atom stereocenters. The molecule has 0 amide bonds. The zero-order chi connectivity index (χ0) is 11.3. The van der Waals surface area contributed by atoms with E-state index in [1.54, 1.807) is 6.07 Å². The van der Waals surface area contributed by atoms with Crippen molar-refractivity contribution in [1.82, 2.24) is 0 Å². The van der Waals surface area contributed by atoms with E-state index < -0.39 is 0 Å². The monoisotopic (exact) mass is 199 g/mol. The summed E-state index contributed by atoms with van der Waals surface area (Å²) in [7, 11) is 1.84. The van der Waals surface area contributed by atoms with E-state index in [-0.39, 0.29) is 6.04 Å². The van der Waals surface area contributed by atoms with Crippen molar-refractivity contribution in [2.75, 3.05) is 11.9 Å². The topological polar surface area (TPSA) is 50.8 Å². The first-order valence-electron chi connectivity index (χ1n) is 4.86. The maximum atomic E-state index is 8.95. The highest BCUT2D eigenvalue weighted by Crippen LogP contribution is 2.20. The Hall–Kier alpha value is -2.00. The molecule has 0 fully saturated rings. The van der Waals surface area contributed by atoms with Gasteiger partial charge in [-0.2, -0.15) is 10.5 Å². The van der Waals surface area contributed by atoms with Crippen LogP contribution in [0.4, 0.5) is 5.69 Å². The lowest BCUT2D eigenvalue weighted by molar-refractivity contribution is 0.733. The molecule has 3 heteroatoms. The molecule has 1 aromatic carbocycles. The second-order valence-corrected chi connectivity index (χ2v) is 3.29. The van der Waals surface area contributed by atoms with Crippen molar-refractivity contribution in [3.05, 3.63) is 29.8 Å². The van der Waals surface area contributed by atoms with Crippen LogP contribution in [0, 0.1) is 22.7 Å². The van der Waals surface area contributed by atoms with Crippen LogP contribution in [-0.2, 0) is 0 Å². The van der Waals surface area contributed by atoms with E-state index in [0.29, 0.717) is 5.56 Å². The zero-order valence-electron chi connectivity index (χ0n) is 8.94. The number of hydrogen-bond acceptors (Lipinski definition) is 3. The van der Waals surface area contributed by atoms with Gasteiger partial charge in [-0.15, -0.1) is 0 Å². The Bertz CT molecular complexity index is 412. The molecule has 0 saturated heterocycles. The number of para-hydroxylation sites is 1. The largest absolute Gasteiger partial charge is 0.358 e. The summed E-state index contributed by atoms with van der Waals surface area (Å²) in [5, 5.41) is 17.9.